The highest BCUT2D eigenvalue weighted by molar-refractivity contribution is 5.79. The number of hydrogen-bond donors (Lipinski definition) is 0. The lowest BCUT2D eigenvalue weighted by molar-refractivity contribution is -0.134. The van der Waals surface area contributed by atoms with Crippen molar-refractivity contribution in [2.45, 2.75) is 32.5 Å². The standard InChI is InChI=1S/C27H30N8O2/c1-19-15-32(13-14-35(19)25(36)17-34-18-30-22-6-4-10-28-26(22)34)23-7-3-5-20-9-12-33(16-21(20)23)24-8-11-29-27(31-24)37-2/h3-8,10-11,18-19H,9,12-17H2,1-2H3. The first-order valence-electron chi connectivity index (χ1n) is 12.6. The maximum atomic E-state index is 13.2. The number of rotatable bonds is 5. The predicted octanol–water partition coefficient (Wildman–Crippen LogP) is 2.53. The Balaban J connectivity index is 1.17. The number of carbonyl (C=O) groups excluding carboxylic acids is 1. The number of imidazole rings is 1. The molecular formula is C27H30N8O2. The molecule has 2 aliphatic heterocycles. The third-order valence-corrected chi connectivity index (χ3v) is 7.34. The van der Waals surface area contributed by atoms with Gasteiger partial charge in [-0.1, -0.05) is 12.1 Å². The van der Waals surface area contributed by atoms with E-state index in [-0.39, 0.29) is 18.5 Å². The van der Waals surface area contributed by atoms with Gasteiger partial charge in [-0.3, -0.25) is 4.79 Å². The van der Waals surface area contributed by atoms with E-state index in [0.29, 0.717) is 12.6 Å². The van der Waals surface area contributed by atoms with Crippen LogP contribution in [0.1, 0.15) is 18.1 Å². The van der Waals surface area contributed by atoms with Crippen LogP contribution in [0, 0.1) is 0 Å². The monoisotopic (exact) mass is 498 g/mol. The van der Waals surface area contributed by atoms with E-state index in [1.54, 1.807) is 25.8 Å². The van der Waals surface area contributed by atoms with Crippen molar-refractivity contribution < 1.29 is 9.53 Å². The summed E-state index contributed by atoms with van der Waals surface area (Å²) < 4.78 is 7.07. The van der Waals surface area contributed by atoms with E-state index in [0.717, 1.165) is 49.6 Å². The molecule has 0 N–H and O–H groups in total. The van der Waals surface area contributed by atoms with Crippen LogP contribution in [0.15, 0.2) is 55.1 Å². The molecule has 10 nitrogen and oxygen atoms in total. The molecule has 1 saturated heterocycles. The molecule has 4 aromatic rings. The molecule has 0 radical (unpaired) electrons. The van der Waals surface area contributed by atoms with E-state index in [9.17, 15) is 4.79 Å². The summed E-state index contributed by atoms with van der Waals surface area (Å²) in [6, 6.07) is 12.7. The molecule has 1 aromatic carbocycles. The molecule has 0 saturated carbocycles. The molecule has 1 fully saturated rings. The molecule has 3 aromatic heterocycles. The van der Waals surface area contributed by atoms with Gasteiger partial charge < -0.3 is 24.0 Å². The number of carbonyl (C=O) groups is 1. The van der Waals surface area contributed by atoms with Crippen molar-refractivity contribution in [3.8, 4) is 6.01 Å². The van der Waals surface area contributed by atoms with Crippen LogP contribution in [0.25, 0.3) is 11.2 Å². The number of fused-ring (bicyclic) bond motifs is 2. The number of benzene rings is 1. The number of ether oxygens (including phenoxy) is 1. The minimum Gasteiger partial charge on any atom is -0.467 e. The molecule has 1 unspecified atom stereocenters. The summed E-state index contributed by atoms with van der Waals surface area (Å²) in [5.41, 5.74) is 5.49. The number of aromatic nitrogens is 5. The van der Waals surface area contributed by atoms with Gasteiger partial charge in [0, 0.05) is 56.8 Å². The summed E-state index contributed by atoms with van der Waals surface area (Å²) in [7, 11) is 1.59. The molecule has 1 atom stereocenters. The zero-order chi connectivity index (χ0) is 25.4. The second-order valence-electron chi connectivity index (χ2n) is 9.59. The Kier molecular flexibility index (Phi) is 6.07. The third-order valence-electron chi connectivity index (χ3n) is 7.34. The van der Waals surface area contributed by atoms with Crippen molar-refractivity contribution >= 4 is 28.6 Å². The van der Waals surface area contributed by atoms with Crippen LogP contribution in [-0.2, 0) is 24.3 Å². The number of nitrogens with zero attached hydrogens (tertiary/aromatic N) is 8. The fourth-order valence-electron chi connectivity index (χ4n) is 5.46. The highest BCUT2D eigenvalue weighted by Gasteiger charge is 2.30. The Hall–Kier alpha value is -4.21. The largest absolute Gasteiger partial charge is 0.467 e. The van der Waals surface area contributed by atoms with Crippen molar-refractivity contribution in [3.63, 3.8) is 0 Å². The van der Waals surface area contributed by atoms with Crippen molar-refractivity contribution in [1.29, 1.82) is 0 Å². The first-order chi connectivity index (χ1) is 18.1. The van der Waals surface area contributed by atoms with Crippen LogP contribution in [0.5, 0.6) is 6.01 Å². The third kappa shape index (κ3) is 4.43. The zero-order valence-corrected chi connectivity index (χ0v) is 21.1. The zero-order valence-electron chi connectivity index (χ0n) is 21.1. The lowest BCUT2D eigenvalue weighted by Gasteiger charge is -2.42. The van der Waals surface area contributed by atoms with Crippen molar-refractivity contribution in [1.82, 2.24) is 29.4 Å². The number of pyridine rings is 1. The maximum Gasteiger partial charge on any atom is 0.318 e. The van der Waals surface area contributed by atoms with E-state index in [2.05, 4.69) is 54.9 Å². The number of hydrogen-bond acceptors (Lipinski definition) is 8. The smallest absolute Gasteiger partial charge is 0.318 e. The highest BCUT2D eigenvalue weighted by atomic mass is 16.5. The van der Waals surface area contributed by atoms with Crippen LogP contribution < -0.4 is 14.5 Å². The summed E-state index contributed by atoms with van der Waals surface area (Å²) in [4.78, 5) is 37.4. The van der Waals surface area contributed by atoms with Crippen LogP contribution in [0.3, 0.4) is 0 Å². The first kappa shape index (κ1) is 23.2. The normalized spacial score (nSPS) is 17.7. The van der Waals surface area contributed by atoms with Gasteiger partial charge in [-0.15, -0.1) is 0 Å². The summed E-state index contributed by atoms with van der Waals surface area (Å²) in [5, 5.41) is 0. The average Bonchev–Trinajstić information content (AvgIpc) is 3.35. The minimum atomic E-state index is 0.0886. The average molecular weight is 499 g/mol. The molecule has 190 valence electrons. The number of anilines is 2. The summed E-state index contributed by atoms with van der Waals surface area (Å²) in [6.45, 7) is 6.30. The van der Waals surface area contributed by atoms with E-state index in [1.807, 2.05) is 27.7 Å². The SMILES string of the molecule is COc1nccc(N2CCc3cccc(N4CCN(C(=O)Cn5cnc6cccnc65)C(C)C4)c3C2)n1. The van der Waals surface area contributed by atoms with Gasteiger partial charge in [0.1, 0.15) is 17.9 Å². The summed E-state index contributed by atoms with van der Waals surface area (Å²) in [5.74, 6) is 0.966. The molecule has 10 heteroatoms. The Morgan fingerprint density at radius 3 is 2.81 bits per heavy atom. The van der Waals surface area contributed by atoms with Crippen LogP contribution in [0.4, 0.5) is 11.5 Å². The lowest BCUT2D eigenvalue weighted by Crippen LogP contribution is -2.55. The topological polar surface area (TPSA) is 92.5 Å². The van der Waals surface area contributed by atoms with Crippen LogP contribution in [-0.4, -0.2) is 74.6 Å². The Morgan fingerprint density at radius 2 is 1.95 bits per heavy atom. The second-order valence-corrected chi connectivity index (χ2v) is 9.59. The number of methoxy groups -OCH3 is 1. The Bertz CT molecular complexity index is 1440. The maximum absolute atomic E-state index is 13.2. The van der Waals surface area contributed by atoms with Crippen LogP contribution in [0.2, 0.25) is 0 Å². The fraction of sp³-hybridized carbons (Fsp3) is 0.370. The van der Waals surface area contributed by atoms with E-state index >= 15 is 0 Å². The molecule has 1 amide bonds. The van der Waals surface area contributed by atoms with Gasteiger partial charge in [0.15, 0.2) is 5.65 Å². The van der Waals surface area contributed by atoms with Crippen molar-refractivity contribution in [3.05, 3.63) is 66.2 Å². The molecule has 0 aliphatic carbocycles. The van der Waals surface area contributed by atoms with Gasteiger partial charge in [0.25, 0.3) is 0 Å². The molecule has 6 rings (SSSR count). The Labute approximate surface area is 215 Å². The highest BCUT2D eigenvalue weighted by Crippen LogP contribution is 2.32. The summed E-state index contributed by atoms with van der Waals surface area (Å²) >= 11 is 0. The van der Waals surface area contributed by atoms with Crippen LogP contribution >= 0.6 is 0 Å². The van der Waals surface area contributed by atoms with Gasteiger partial charge in [0.2, 0.25) is 5.91 Å². The molecule has 5 heterocycles. The molecular weight excluding hydrogens is 468 g/mol. The lowest BCUT2D eigenvalue weighted by atomic mass is 9.96. The number of amides is 1. The molecule has 0 bridgehead atoms. The number of piperazine rings is 1. The van der Waals surface area contributed by atoms with Gasteiger partial charge >= 0.3 is 6.01 Å². The van der Waals surface area contributed by atoms with Gasteiger partial charge in [0.05, 0.1) is 13.4 Å². The Morgan fingerprint density at radius 1 is 1.03 bits per heavy atom. The molecule has 2 aliphatic rings. The van der Waals surface area contributed by atoms with Crippen molar-refractivity contribution in [2.75, 3.05) is 43.1 Å². The molecule has 37 heavy (non-hydrogen) atoms. The van der Waals surface area contributed by atoms with Gasteiger partial charge in [-0.05, 0) is 48.7 Å². The first-order valence-corrected chi connectivity index (χ1v) is 12.6. The predicted molar refractivity (Wildman–Crippen MR) is 141 cm³/mol. The van der Waals surface area contributed by atoms with Gasteiger partial charge in [-0.2, -0.15) is 4.98 Å². The second kappa shape index (κ2) is 9.68. The molecule has 0 spiro atoms. The van der Waals surface area contributed by atoms with E-state index in [1.165, 1.54) is 16.8 Å². The van der Waals surface area contributed by atoms with Gasteiger partial charge in [-0.25, -0.2) is 15.0 Å². The van der Waals surface area contributed by atoms with Crippen molar-refractivity contribution in [2.24, 2.45) is 0 Å². The quantitative estimate of drug-likeness (QED) is 0.415. The minimum absolute atomic E-state index is 0.0886. The van der Waals surface area contributed by atoms with E-state index < -0.39 is 0 Å². The van der Waals surface area contributed by atoms with E-state index in [4.69, 9.17) is 4.74 Å². The fourth-order valence-corrected chi connectivity index (χ4v) is 5.46. The summed E-state index contributed by atoms with van der Waals surface area (Å²) in [6.07, 6.45) is 6.13.